The fraction of sp³-hybridized carbons (Fsp3) is 0.310. The highest BCUT2D eigenvalue weighted by molar-refractivity contribution is 9.10. The summed E-state index contributed by atoms with van der Waals surface area (Å²) in [6.45, 7) is 3.37. The van der Waals surface area contributed by atoms with Gasteiger partial charge >= 0.3 is 10.2 Å². The van der Waals surface area contributed by atoms with E-state index in [0.29, 0.717) is 5.69 Å². The fourth-order valence-electron chi connectivity index (χ4n) is 4.03. The number of carbonyl (C=O) groups is 2. The maximum atomic E-state index is 14.1. The molecule has 39 heavy (non-hydrogen) atoms. The van der Waals surface area contributed by atoms with E-state index in [2.05, 4.69) is 21.2 Å². The zero-order chi connectivity index (χ0) is 28.6. The Bertz CT molecular complexity index is 1330. The fourth-order valence-corrected chi connectivity index (χ4v) is 5.35. The van der Waals surface area contributed by atoms with Crippen molar-refractivity contribution in [2.24, 2.45) is 0 Å². The highest BCUT2D eigenvalue weighted by atomic mass is 79.9. The van der Waals surface area contributed by atoms with Gasteiger partial charge in [0, 0.05) is 37.6 Å². The average Bonchev–Trinajstić information content (AvgIpc) is 2.90. The van der Waals surface area contributed by atoms with Gasteiger partial charge < -0.3 is 10.2 Å². The second-order valence-corrected chi connectivity index (χ2v) is 12.6. The summed E-state index contributed by atoms with van der Waals surface area (Å²) in [5.41, 5.74) is 2.05. The second-order valence-electron chi connectivity index (χ2n) is 9.65. The molecule has 0 fully saturated rings. The zero-order valence-electron chi connectivity index (χ0n) is 22.6. The first-order valence-corrected chi connectivity index (χ1v) is 14.8. The first-order chi connectivity index (χ1) is 18.5. The number of para-hydroxylation sites is 1. The van der Waals surface area contributed by atoms with Crippen LogP contribution in [0.2, 0.25) is 0 Å². The Balaban J connectivity index is 2.07. The summed E-state index contributed by atoms with van der Waals surface area (Å²) in [6.07, 6.45) is 0.271. The van der Waals surface area contributed by atoms with Crippen molar-refractivity contribution in [3.63, 3.8) is 0 Å². The van der Waals surface area contributed by atoms with Crippen LogP contribution >= 0.6 is 15.9 Å². The van der Waals surface area contributed by atoms with Gasteiger partial charge in [-0.2, -0.15) is 12.7 Å². The maximum absolute atomic E-state index is 14.1. The molecule has 1 atom stereocenters. The Kier molecular flexibility index (Phi) is 10.7. The third-order valence-electron chi connectivity index (χ3n) is 6.03. The lowest BCUT2D eigenvalue weighted by Crippen LogP contribution is -2.55. The van der Waals surface area contributed by atoms with Crippen LogP contribution in [0, 0.1) is 0 Å². The van der Waals surface area contributed by atoms with E-state index in [1.165, 1.54) is 19.0 Å². The lowest BCUT2D eigenvalue weighted by Gasteiger charge is -2.34. The van der Waals surface area contributed by atoms with E-state index in [4.69, 9.17) is 0 Å². The molecule has 0 bridgehead atoms. The topological polar surface area (TPSA) is 90.0 Å². The predicted molar refractivity (Wildman–Crippen MR) is 158 cm³/mol. The summed E-state index contributed by atoms with van der Waals surface area (Å²) in [4.78, 5) is 29.1. The summed E-state index contributed by atoms with van der Waals surface area (Å²) < 4.78 is 29.7. The molecular weight excluding hydrogens is 580 g/mol. The number of hydrogen-bond donors (Lipinski definition) is 1. The van der Waals surface area contributed by atoms with E-state index in [0.717, 1.165) is 24.2 Å². The molecule has 10 heteroatoms. The van der Waals surface area contributed by atoms with Gasteiger partial charge in [-0.15, -0.1) is 0 Å². The molecule has 0 saturated carbocycles. The third-order valence-corrected chi connectivity index (χ3v) is 8.38. The summed E-state index contributed by atoms with van der Waals surface area (Å²) >= 11 is 3.44. The van der Waals surface area contributed by atoms with Crippen LogP contribution < -0.4 is 9.62 Å². The molecule has 8 nitrogen and oxygen atoms in total. The lowest BCUT2D eigenvalue weighted by molar-refractivity contribution is -0.140. The van der Waals surface area contributed by atoms with E-state index < -0.39 is 28.7 Å². The van der Waals surface area contributed by atoms with E-state index in [9.17, 15) is 18.0 Å². The SMILES string of the molecule is CC(C)NC(=O)C(Cc1ccccc1)N(Cc1ccc(Br)cc1)C(=O)CN(c1ccccc1)S(=O)(=O)N(C)C. The van der Waals surface area contributed by atoms with Gasteiger partial charge in [0.2, 0.25) is 11.8 Å². The van der Waals surface area contributed by atoms with E-state index in [1.54, 1.807) is 30.3 Å². The van der Waals surface area contributed by atoms with Crippen LogP contribution in [0.4, 0.5) is 5.69 Å². The van der Waals surface area contributed by atoms with Gasteiger partial charge in [-0.25, -0.2) is 4.31 Å². The molecule has 0 spiro atoms. The minimum absolute atomic E-state index is 0.125. The molecule has 0 aliphatic rings. The minimum Gasteiger partial charge on any atom is -0.352 e. The molecule has 1 unspecified atom stereocenters. The van der Waals surface area contributed by atoms with Crippen molar-refractivity contribution >= 4 is 43.6 Å². The molecule has 1 N–H and O–H groups in total. The van der Waals surface area contributed by atoms with Crippen molar-refractivity contribution in [3.05, 3.63) is 101 Å². The lowest BCUT2D eigenvalue weighted by atomic mass is 10.0. The first kappa shape index (κ1) is 30.3. The third kappa shape index (κ3) is 8.39. The smallest absolute Gasteiger partial charge is 0.304 e. The molecule has 3 aromatic carbocycles. The van der Waals surface area contributed by atoms with E-state index in [-0.39, 0.29) is 24.9 Å². The largest absolute Gasteiger partial charge is 0.352 e. The van der Waals surface area contributed by atoms with Crippen LogP contribution in [-0.4, -0.2) is 62.2 Å². The number of rotatable bonds is 12. The molecule has 0 radical (unpaired) electrons. The maximum Gasteiger partial charge on any atom is 0.304 e. The molecule has 0 aliphatic heterocycles. The van der Waals surface area contributed by atoms with Gasteiger partial charge in [0.1, 0.15) is 12.6 Å². The standard InChI is InChI=1S/C29H35BrN4O4S/c1-22(2)31-29(36)27(19-23-11-7-5-8-12-23)33(20-24-15-17-25(30)18-16-24)28(35)21-34(39(37,38)32(3)4)26-13-9-6-10-14-26/h5-18,22,27H,19-21H2,1-4H3,(H,31,36). The zero-order valence-corrected chi connectivity index (χ0v) is 25.0. The van der Waals surface area contributed by atoms with Crippen molar-refractivity contribution < 1.29 is 18.0 Å². The first-order valence-electron chi connectivity index (χ1n) is 12.6. The summed E-state index contributed by atoms with van der Waals surface area (Å²) in [5, 5.41) is 2.95. The number of hydrogen-bond acceptors (Lipinski definition) is 4. The van der Waals surface area contributed by atoms with E-state index >= 15 is 0 Å². The number of halogens is 1. The van der Waals surface area contributed by atoms with Gasteiger partial charge in [-0.05, 0) is 49.2 Å². The number of carbonyl (C=O) groups excluding carboxylic acids is 2. The van der Waals surface area contributed by atoms with Crippen LogP contribution in [-0.2, 0) is 32.8 Å². The Hall–Kier alpha value is -3.21. The van der Waals surface area contributed by atoms with Crippen LogP contribution in [0.3, 0.4) is 0 Å². The highest BCUT2D eigenvalue weighted by Crippen LogP contribution is 2.22. The molecular formula is C29H35BrN4O4S. The van der Waals surface area contributed by atoms with E-state index in [1.807, 2.05) is 68.4 Å². The summed E-state index contributed by atoms with van der Waals surface area (Å²) in [6, 6.07) is 24.4. The number of benzene rings is 3. The molecule has 0 aliphatic carbocycles. The number of amides is 2. The summed E-state index contributed by atoms with van der Waals surface area (Å²) in [7, 11) is -1.17. The number of nitrogens with zero attached hydrogens (tertiary/aromatic N) is 3. The summed E-state index contributed by atoms with van der Waals surface area (Å²) in [5.74, 6) is -0.798. The van der Waals surface area contributed by atoms with Crippen molar-refractivity contribution in [1.82, 2.24) is 14.5 Å². The normalized spacial score (nSPS) is 12.3. The van der Waals surface area contributed by atoms with Crippen LogP contribution in [0.25, 0.3) is 0 Å². The van der Waals surface area contributed by atoms with Gasteiger partial charge in [0.25, 0.3) is 0 Å². The van der Waals surface area contributed by atoms with Crippen molar-refractivity contribution in [2.45, 2.75) is 38.9 Å². The molecule has 208 valence electrons. The monoisotopic (exact) mass is 614 g/mol. The Morgan fingerprint density at radius 3 is 1.95 bits per heavy atom. The Labute approximate surface area is 239 Å². The van der Waals surface area contributed by atoms with Crippen LogP contribution in [0.1, 0.15) is 25.0 Å². The number of nitrogens with one attached hydrogen (secondary N) is 1. The predicted octanol–water partition coefficient (Wildman–Crippen LogP) is 4.23. The molecule has 0 heterocycles. The quantitative estimate of drug-likeness (QED) is 0.331. The Morgan fingerprint density at radius 2 is 1.41 bits per heavy atom. The molecule has 3 aromatic rings. The number of anilines is 1. The molecule has 0 saturated heterocycles. The molecule has 2 amide bonds. The molecule has 3 rings (SSSR count). The minimum atomic E-state index is -4.01. The average molecular weight is 616 g/mol. The highest BCUT2D eigenvalue weighted by Gasteiger charge is 2.34. The second kappa shape index (κ2) is 13.7. The van der Waals surface area contributed by atoms with Gasteiger partial charge in [-0.1, -0.05) is 76.6 Å². The van der Waals surface area contributed by atoms with Gasteiger partial charge in [-0.3, -0.25) is 9.59 Å². The van der Waals surface area contributed by atoms with Crippen molar-refractivity contribution in [1.29, 1.82) is 0 Å². The van der Waals surface area contributed by atoms with Gasteiger partial charge in [0.15, 0.2) is 0 Å². The Morgan fingerprint density at radius 1 is 0.846 bits per heavy atom. The molecule has 0 aromatic heterocycles. The van der Waals surface area contributed by atoms with Crippen molar-refractivity contribution in [3.8, 4) is 0 Å². The van der Waals surface area contributed by atoms with Crippen molar-refractivity contribution in [2.75, 3.05) is 24.9 Å². The van der Waals surface area contributed by atoms with Crippen LogP contribution in [0.5, 0.6) is 0 Å². The van der Waals surface area contributed by atoms with Crippen LogP contribution in [0.15, 0.2) is 89.4 Å². The van der Waals surface area contributed by atoms with Gasteiger partial charge in [0.05, 0.1) is 5.69 Å².